The van der Waals surface area contributed by atoms with Crippen molar-refractivity contribution >= 4 is 5.91 Å². The molecule has 7 heteroatoms. The highest BCUT2D eigenvalue weighted by Gasteiger charge is 2.40. The van der Waals surface area contributed by atoms with Crippen LogP contribution in [0.3, 0.4) is 0 Å². The molecule has 0 spiro atoms. The SMILES string of the molecule is CC1C(=O)N(C2CC2)Cc2nnc(-c3ccn(C)n3)n21. The van der Waals surface area contributed by atoms with Crippen molar-refractivity contribution in [3.8, 4) is 11.5 Å². The molecule has 1 aliphatic carbocycles. The van der Waals surface area contributed by atoms with Gasteiger partial charge in [0.2, 0.25) is 5.91 Å². The van der Waals surface area contributed by atoms with Gasteiger partial charge < -0.3 is 4.90 Å². The van der Waals surface area contributed by atoms with E-state index < -0.39 is 0 Å². The first-order valence-electron chi connectivity index (χ1n) is 6.89. The fraction of sp³-hybridized carbons (Fsp3) is 0.538. The minimum absolute atomic E-state index is 0.164. The maximum atomic E-state index is 12.5. The molecule has 1 fully saturated rings. The van der Waals surface area contributed by atoms with E-state index in [0.29, 0.717) is 18.4 Å². The predicted octanol–water partition coefficient (Wildman–Crippen LogP) is 0.744. The van der Waals surface area contributed by atoms with Gasteiger partial charge >= 0.3 is 0 Å². The van der Waals surface area contributed by atoms with Crippen molar-refractivity contribution < 1.29 is 4.79 Å². The lowest BCUT2D eigenvalue weighted by molar-refractivity contribution is -0.137. The van der Waals surface area contributed by atoms with Gasteiger partial charge in [0.25, 0.3) is 0 Å². The van der Waals surface area contributed by atoms with Crippen LogP contribution < -0.4 is 0 Å². The smallest absolute Gasteiger partial charge is 0.246 e. The molecule has 0 N–H and O–H groups in total. The average Bonchev–Trinajstić information content (AvgIpc) is 3.04. The van der Waals surface area contributed by atoms with Gasteiger partial charge in [0.05, 0.1) is 6.54 Å². The molecule has 0 aromatic carbocycles. The number of carbonyl (C=O) groups is 1. The standard InChI is InChI=1S/C13H16N6O/c1-8-13(20)18(9-3-4-9)7-11-14-15-12(19(8)11)10-5-6-17(2)16-10/h5-6,8-9H,3-4,7H2,1-2H3. The van der Waals surface area contributed by atoms with Crippen molar-refractivity contribution in [3.05, 3.63) is 18.1 Å². The van der Waals surface area contributed by atoms with Gasteiger partial charge in [0.15, 0.2) is 11.6 Å². The summed E-state index contributed by atoms with van der Waals surface area (Å²) in [5.41, 5.74) is 0.755. The number of rotatable bonds is 2. The van der Waals surface area contributed by atoms with Gasteiger partial charge in [-0.2, -0.15) is 5.10 Å². The number of fused-ring (bicyclic) bond motifs is 1. The van der Waals surface area contributed by atoms with Gasteiger partial charge in [-0.15, -0.1) is 10.2 Å². The highest BCUT2D eigenvalue weighted by atomic mass is 16.2. The molecule has 104 valence electrons. The van der Waals surface area contributed by atoms with E-state index in [9.17, 15) is 4.79 Å². The fourth-order valence-electron chi connectivity index (χ4n) is 2.82. The number of aryl methyl sites for hydroxylation is 1. The summed E-state index contributed by atoms with van der Waals surface area (Å²) in [6.45, 7) is 2.48. The average molecular weight is 272 g/mol. The monoisotopic (exact) mass is 272 g/mol. The molecular weight excluding hydrogens is 256 g/mol. The van der Waals surface area contributed by atoms with Crippen molar-refractivity contribution in [1.82, 2.24) is 29.4 Å². The zero-order valence-corrected chi connectivity index (χ0v) is 11.5. The van der Waals surface area contributed by atoms with Gasteiger partial charge in [-0.05, 0) is 25.8 Å². The molecular formula is C13H16N6O. The Balaban J connectivity index is 1.78. The van der Waals surface area contributed by atoms with Crippen molar-refractivity contribution in [3.63, 3.8) is 0 Å². The molecule has 1 saturated carbocycles. The molecule has 3 heterocycles. The second kappa shape index (κ2) is 3.91. The Morgan fingerprint density at radius 1 is 1.30 bits per heavy atom. The van der Waals surface area contributed by atoms with Crippen LogP contribution in [0.1, 0.15) is 31.6 Å². The first-order valence-corrected chi connectivity index (χ1v) is 6.89. The maximum Gasteiger partial charge on any atom is 0.246 e. The zero-order valence-electron chi connectivity index (χ0n) is 11.5. The summed E-state index contributed by atoms with van der Waals surface area (Å²) >= 11 is 0. The van der Waals surface area contributed by atoms with Gasteiger partial charge in [0, 0.05) is 19.3 Å². The highest BCUT2D eigenvalue weighted by Crippen LogP contribution is 2.34. The molecule has 1 aliphatic heterocycles. The number of nitrogens with zero attached hydrogens (tertiary/aromatic N) is 6. The van der Waals surface area contributed by atoms with E-state index in [2.05, 4.69) is 15.3 Å². The van der Waals surface area contributed by atoms with E-state index in [4.69, 9.17) is 0 Å². The number of hydrogen-bond donors (Lipinski definition) is 0. The van der Waals surface area contributed by atoms with E-state index in [1.165, 1.54) is 0 Å². The van der Waals surface area contributed by atoms with Gasteiger partial charge in [0.1, 0.15) is 11.7 Å². The molecule has 1 unspecified atom stereocenters. The molecule has 7 nitrogen and oxygen atoms in total. The fourth-order valence-corrected chi connectivity index (χ4v) is 2.82. The molecule has 1 amide bonds. The number of hydrogen-bond acceptors (Lipinski definition) is 4. The Morgan fingerprint density at radius 3 is 2.75 bits per heavy atom. The summed E-state index contributed by atoms with van der Waals surface area (Å²) in [5.74, 6) is 1.69. The Morgan fingerprint density at radius 2 is 2.10 bits per heavy atom. The maximum absolute atomic E-state index is 12.5. The lowest BCUT2D eigenvalue weighted by atomic mass is 10.2. The molecule has 2 aromatic rings. The molecule has 4 rings (SSSR count). The Labute approximate surface area is 116 Å². The van der Waals surface area contributed by atoms with Crippen molar-refractivity contribution in [2.45, 2.75) is 38.4 Å². The van der Waals surface area contributed by atoms with Crippen molar-refractivity contribution in [1.29, 1.82) is 0 Å². The molecule has 0 saturated heterocycles. The van der Waals surface area contributed by atoms with E-state index in [-0.39, 0.29) is 11.9 Å². The van der Waals surface area contributed by atoms with E-state index in [0.717, 1.165) is 24.4 Å². The summed E-state index contributed by atoms with van der Waals surface area (Å²) in [6, 6.07) is 2.04. The Kier molecular flexibility index (Phi) is 2.27. The van der Waals surface area contributed by atoms with Crippen LogP contribution in [0, 0.1) is 0 Å². The van der Waals surface area contributed by atoms with Crippen LogP contribution in [0.5, 0.6) is 0 Å². The third-order valence-electron chi connectivity index (χ3n) is 4.04. The van der Waals surface area contributed by atoms with Crippen LogP contribution in [0.25, 0.3) is 11.5 Å². The molecule has 2 aromatic heterocycles. The third kappa shape index (κ3) is 1.59. The summed E-state index contributed by atoms with van der Waals surface area (Å²) in [4.78, 5) is 14.4. The first kappa shape index (κ1) is 11.6. The summed E-state index contributed by atoms with van der Waals surface area (Å²) in [6.07, 6.45) is 4.09. The van der Waals surface area contributed by atoms with Crippen LogP contribution >= 0.6 is 0 Å². The molecule has 0 radical (unpaired) electrons. The largest absolute Gasteiger partial charge is 0.330 e. The molecule has 1 atom stereocenters. The number of amides is 1. The Hall–Kier alpha value is -2.18. The third-order valence-corrected chi connectivity index (χ3v) is 4.04. The van der Waals surface area contributed by atoms with Gasteiger partial charge in [-0.3, -0.25) is 14.0 Å². The van der Waals surface area contributed by atoms with Crippen LogP contribution in [-0.4, -0.2) is 41.4 Å². The van der Waals surface area contributed by atoms with Gasteiger partial charge in [-0.1, -0.05) is 0 Å². The summed E-state index contributed by atoms with van der Waals surface area (Å²) in [5, 5.41) is 12.9. The van der Waals surface area contributed by atoms with E-state index >= 15 is 0 Å². The number of aromatic nitrogens is 5. The molecule has 0 bridgehead atoms. The van der Waals surface area contributed by atoms with Crippen LogP contribution in [-0.2, 0) is 18.4 Å². The van der Waals surface area contributed by atoms with Gasteiger partial charge in [-0.25, -0.2) is 0 Å². The minimum Gasteiger partial charge on any atom is -0.330 e. The Bertz CT molecular complexity index is 683. The molecule has 20 heavy (non-hydrogen) atoms. The van der Waals surface area contributed by atoms with E-state index in [1.54, 1.807) is 4.68 Å². The highest BCUT2D eigenvalue weighted by molar-refractivity contribution is 5.82. The van der Waals surface area contributed by atoms with Crippen molar-refractivity contribution in [2.24, 2.45) is 7.05 Å². The predicted molar refractivity (Wildman–Crippen MR) is 70.5 cm³/mol. The van der Waals surface area contributed by atoms with Crippen LogP contribution in [0.4, 0.5) is 0 Å². The quantitative estimate of drug-likeness (QED) is 0.808. The normalized spacial score (nSPS) is 22.2. The first-order chi connectivity index (χ1) is 9.65. The van der Waals surface area contributed by atoms with Crippen molar-refractivity contribution in [2.75, 3.05) is 0 Å². The summed E-state index contributed by atoms with van der Waals surface area (Å²) < 4.78 is 3.65. The minimum atomic E-state index is -0.258. The second-order valence-electron chi connectivity index (χ2n) is 5.56. The zero-order chi connectivity index (χ0) is 13.9. The van der Waals surface area contributed by atoms with Crippen LogP contribution in [0.2, 0.25) is 0 Å². The van der Waals surface area contributed by atoms with Crippen LogP contribution in [0.15, 0.2) is 12.3 Å². The second-order valence-corrected chi connectivity index (χ2v) is 5.56. The topological polar surface area (TPSA) is 68.8 Å². The number of carbonyl (C=O) groups excluding carboxylic acids is 1. The van der Waals surface area contributed by atoms with E-state index in [1.807, 2.05) is 35.7 Å². The lowest BCUT2D eigenvalue weighted by Crippen LogP contribution is -2.43. The summed E-state index contributed by atoms with van der Waals surface area (Å²) in [7, 11) is 1.86. The molecule has 2 aliphatic rings. The lowest BCUT2D eigenvalue weighted by Gasteiger charge is -2.32.